The monoisotopic (exact) mass is 737 g/mol. The molecule has 0 radical (unpaired) electrons. The maximum Gasteiger partial charge on any atom is 0.315 e. The molecule has 6 atom stereocenters. The summed E-state index contributed by atoms with van der Waals surface area (Å²) in [6.07, 6.45) is 6.45. The van der Waals surface area contributed by atoms with Crippen LogP contribution < -0.4 is 21.3 Å². The number of nitrogens with one attached hydrogen (secondary N) is 4. The summed E-state index contributed by atoms with van der Waals surface area (Å²) in [7, 11) is 0.600. The van der Waals surface area contributed by atoms with Crippen LogP contribution in [0.3, 0.4) is 0 Å². The van der Waals surface area contributed by atoms with E-state index in [0.29, 0.717) is 25.8 Å². The van der Waals surface area contributed by atoms with Gasteiger partial charge in [-0.15, -0.1) is 6.58 Å². The lowest BCUT2D eigenvalue weighted by atomic mass is 9.70. The molecule has 3 fully saturated rings. The molecule has 1 unspecified atom stereocenters. The molecule has 4 N–H and O–H groups in total. The Hall–Kier alpha value is -3.04. The van der Waals surface area contributed by atoms with Gasteiger partial charge in [0.25, 0.3) is 16.1 Å². The Morgan fingerprint density at radius 3 is 2.12 bits per heavy atom. The van der Waals surface area contributed by atoms with Gasteiger partial charge in [0, 0.05) is 46.8 Å². The normalized spacial score (nSPS) is 24.2. The molecular formula is C36H63N7O7S. The molecule has 1 aliphatic heterocycles. The predicted octanol–water partition coefficient (Wildman–Crippen LogP) is 2.42. The molecule has 3 aliphatic rings. The predicted molar refractivity (Wildman–Crippen MR) is 196 cm³/mol. The molecule has 0 aromatic heterocycles. The summed E-state index contributed by atoms with van der Waals surface area (Å²) in [6, 6.07) is -4.10. The first kappa shape index (κ1) is 42.4. The fraction of sp³-hybridized carbons (Fsp3) is 0.806. The van der Waals surface area contributed by atoms with Crippen molar-refractivity contribution in [1.82, 2.24) is 34.8 Å². The summed E-state index contributed by atoms with van der Waals surface area (Å²) in [5.41, 5.74) is -1.35. The number of urea groups is 1. The highest BCUT2D eigenvalue weighted by Gasteiger charge is 2.70. The van der Waals surface area contributed by atoms with Gasteiger partial charge in [0.1, 0.15) is 12.1 Å². The fourth-order valence-electron chi connectivity index (χ4n) is 7.88. The van der Waals surface area contributed by atoms with Gasteiger partial charge in [-0.25, -0.2) is 4.79 Å². The van der Waals surface area contributed by atoms with Crippen LogP contribution in [0.15, 0.2) is 12.7 Å². The standard InChI is InChI=1S/C36H63N7O7S/c1-12-17-24(28(44)31(46)37-20-13-2)38-30(45)27-26-23(35(26,6)7)21-43(27)32(47)29(36(8)18-15-14-16-19-36)40-33(48)39-25(34(3,4)5)22-42(11)51(49,50)41(9)10/h13,23-27,29H,2,12,14-22H2,1,3-11H3,(H,37,46)(H,38,45)(H2,39,40,48)/t23-,24?,25+,26-,27-,29+/m0/s1. The lowest BCUT2D eigenvalue weighted by molar-refractivity contribution is -0.146. The minimum absolute atomic E-state index is 0.00336. The third-order valence-corrected chi connectivity index (χ3v) is 13.3. The van der Waals surface area contributed by atoms with E-state index < -0.39 is 68.8 Å². The average Bonchev–Trinajstić information content (AvgIpc) is 3.35. The van der Waals surface area contributed by atoms with Gasteiger partial charge in [-0.2, -0.15) is 17.0 Å². The molecule has 0 aromatic carbocycles. The Balaban J connectivity index is 1.91. The number of piperidine rings is 1. The van der Waals surface area contributed by atoms with Crippen molar-refractivity contribution in [3.63, 3.8) is 0 Å². The summed E-state index contributed by atoms with van der Waals surface area (Å²) in [6.45, 7) is 17.7. The van der Waals surface area contributed by atoms with Gasteiger partial charge in [-0.3, -0.25) is 19.2 Å². The Kier molecular flexibility index (Phi) is 13.6. The summed E-state index contributed by atoms with van der Waals surface area (Å²) in [5.74, 6) is -2.50. The zero-order chi connectivity index (χ0) is 38.7. The quantitative estimate of drug-likeness (QED) is 0.139. The molecule has 290 valence electrons. The van der Waals surface area contributed by atoms with Crippen LogP contribution in [0, 0.1) is 28.1 Å². The van der Waals surface area contributed by atoms with Crippen LogP contribution in [-0.4, -0.2) is 116 Å². The van der Waals surface area contributed by atoms with Gasteiger partial charge in [0.2, 0.25) is 17.6 Å². The van der Waals surface area contributed by atoms with Crippen molar-refractivity contribution in [3.8, 4) is 0 Å². The smallest absolute Gasteiger partial charge is 0.315 e. The topological polar surface area (TPSA) is 177 Å². The number of carbonyl (C=O) groups excluding carboxylic acids is 5. The maximum atomic E-state index is 14.8. The van der Waals surface area contributed by atoms with Crippen LogP contribution in [0.2, 0.25) is 0 Å². The Bertz CT molecular complexity index is 1440. The van der Waals surface area contributed by atoms with Crippen molar-refractivity contribution < 1.29 is 32.4 Å². The first-order chi connectivity index (χ1) is 23.5. The number of hydrogen-bond acceptors (Lipinski definition) is 7. The number of amides is 5. The van der Waals surface area contributed by atoms with E-state index in [1.807, 2.05) is 34.6 Å². The van der Waals surface area contributed by atoms with E-state index in [1.165, 1.54) is 31.5 Å². The molecule has 0 aromatic rings. The third kappa shape index (κ3) is 9.50. The van der Waals surface area contributed by atoms with E-state index in [9.17, 15) is 32.4 Å². The number of ketones is 1. The lowest BCUT2D eigenvalue weighted by Crippen LogP contribution is -2.63. The molecule has 5 amide bonds. The molecule has 15 heteroatoms. The summed E-state index contributed by atoms with van der Waals surface area (Å²) >= 11 is 0. The largest absolute Gasteiger partial charge is 0.346 e. The van der Waals surface area contributed by atoms with Crippen molar-refractivity contribution in [2.45, 2.75) is 118 Å². The van der Waals surface area contributed by atoms with Crippen LogP contribution in [0.25, 0.3) is 0 Å². The summed E-state index contributed by atoms with van der Waals surface area (Å²) in [4.78, 5) is 70.0. The second-order valence-electron chi connectivity index (χ2n) is 16.9. The van der Waals surface area contributed by atoms with E-state index in [-0.39, 0.29) is 42.7 Å². The minimum atomic E-state index is -3.75. The average molecular weight is 738 g/mol. The molecule has 1 saturated heterocycles. The van der Waals surface area contributed by atoms with Crippen LogP contribution in [-0.2, 0) is 29.4 Å². The molecule has 1 heterocycles. The van der Waals surface area contributed by atoms with Gasteiger partial charge in [0.15, 0.2) is 0 Å². The van der Waals surface area contributed by atoms with Gasteiger partial charge >= 0.3 is 6.03 Å². The Labute approximate surface area is 305 Å². The molecule has 14 nitrogen and oxygen atoms in total. The van der Waals surface area contributed by atoms with Crippen molar-refractivity contribution >= 4 is 39.7 Å². The first-order valence-electron chi connectivity index (χ1n) is 18.3. The van der Waals surface area contributed by atoms with E-state index in [0.717, 1.165) is 23.6 Å². The van der Waals surface area contributed by atoms with Crippen LogP contribution in [0.5, 0.6) is 0 Å². The summed E-state index contributed by atoms with van der Waals surface area (Å²) < 4.78 is 27.9. The second kappa shape index (κ2) is 16.3. The minimum Gasteiger partial charge on any atom is -0.346 e. The van der Waals surface area contributed by atoms with Crippen LogP contribution in [0.1, 0.15) is 93.4 Å². The van der Waals surface area contributed by atoms with E-state index in [1.54, 1.807) is 4.90 Å². The molecule has 2 aliphatic carbocycles. The fourth-order valence-corrected chi connectivity index (χ4v) is 8.78. The highest BCUT2D eigenvalue weighted by atomic mass is 32.2. The van der Waals surface area contributed by atoms with Crippen molar-refractivity contribution in [1.29, 1.82) is 0 Å². The zero-order valence-electron chi connectivity index (χ0n) is 32.4. The van der Waals surface area contributed by atoms with Crippen LogP contribution >= 0.6 is 0 Å². The van der Waals surface area contributed by atoms with Gasteiger partial charge in [-0.05, 0) is 47.3 Å². The number of hydrogen-bond donors (Lipinski definition) is 4. The molecule has 2 saturated carbocycles. The highest BCUT2D eigenvalue weighted by molar-refractivity contribution is 7.86. The van der Waals surface area contributed by atoms with E-state index >= 15 is 0 Å². The van der Waals surface area contributed by atoms with Crippen molar-refractivity contribution in [3.05, 3.63) is 12.7 Å². The lowest BCUT2D eigenvalue weighted by Gasteiger charge is -2.43. The SMILES string of the molecule is C=CCNC(=O)C(=O)C(CCC)NC(=O)[C@@H]1[C@@H]2[C@H](CN1C(=O)[C@@H](NC(=O)N[C@H](CN(C)S(=O)(=O)N(C)C)C(C)(C)C)C1(C)CCCCC1)C2(C)C. The molecule has 0 bridgehead atoms. The molecule has 0 spiro atoms. The van der Waals surface area contributed by atoms with Crippen LogP contribution in [0.4, 0.5) is 4.79 Å². The van der Waals surface area contributed by atoms with Gasteiger partial charge in [0.05, 0.1) is 6.04 Å². The molecule has 51 heavy (non-hydrogen) atoms. The number of likely N-dealkylation sites (tertiary alicyclic amines) is 1. The maximum absolute atomic E-state index is 14.8. The number of nitrogens with zero attached hydrogens (tertiary/aromatic N) is 3. The van der Waals surface area contributed by atoms with Gasteiger partial charge < -0.3 is 26.2 Å². The van der Waals surface area contributed by atoms with E-state index in [2.05, 4.69) is 41.7 Å². The highest BCUT2D eigenvalue weighted by Crippen LogP contribution is 2.65. The Morgan fingerprint density at radius 2 is 1.59 bits per heavy atom. The number of fused-ring (bicyclic) bond motifs is 1. The molecule has 3 rings (SSSR count). The summed E-state index contributed by atoms with van der Waals surface area (Å²) in [5, 5.41) is 11.3. The third-order valence-electron chi connectivity index (χ3n) is 11.5. The number of carbonyl (C=O) groups is 5. The van der Waals surface area contributed by atoms with E-state index in [4.69, 9.17) is 0 Å². The zero-order valence-corrected chi connectivity index (χ0v) is 33.2. The number of Topliss-reactive ketones (excluding diaryl/α,β-unsaturated/α-hetero) is 1. The van der Waals surface area contributed by atoms with Gasteiger partial charge in [-0.1, -0.05) is 80.2 Å². The Morgan fingerprint density at radius 1 is 0.980 bits per heavy atom. The second-order valence-corrected chi connectivity index (χ2v) is 19.1. The number of likely N-dealkylation sites (N-methyl/N-ethyl adjacent to an activating group) is 1. The first-order valence-corrected chi connectivity index (χ1v) is 19.7. The molecular weight excluding hydrogens is 675 g/mol. The van der Waals surface area contributed by atoms with Crippen molar-refractivity contribution in [2.24, 2.45) is 28.1 Å². The number of rotatable bonds is 16. The van der Waals surface area contributed by atoms with Crippen molar-refractivity contribution in [2.75, 3.05) is 40.8 Å².